The second kappa shape index (κ2) is 6.85. The van der Waals surface area contributed by atoms with E-state index in [1.165, 1.54) is 19.4 Å². The Morgan fingerprint density at radius 2 is 2.14 bits per heavy atom. The van der Waals surface area contributed by atoms with Crippen LogP contribution in [0.3, 0.4) is 0 Å². The SMILES string of the molecule is CCCNC(c1csc(I)c1)c1ccc2cccnc2c1. The zero-order valence-electron chi connectivity index (χ0n) is 11.8. The summed E-state index contributed by atoms with van der Waals surface area (Å²) in [6, 6.07) is 13.2. The summed E-state index contributed by atoms with van der Waals surface area (Å²) in [5.74, 6) is 0. The summed E-state index contributed by atoms with van der Waals surface area (Å²) in [7, 11) is 0. The van der Waals surface area contributed by atoms with Crippen molar-refractivity contribution < 1.29 is 0 Å². The molecule has 0 bridgehead atoms. The first-order valence-corrected chi connectivity index (χ1v) is 9.06. The maximum absolute atomic E-state index is 4.48. The molecule has 1 N–H and O–H groups in total. The second-order valence-corrected chi connectivity index (χ2v) is 7.83. The van der Waals surface area contributed by atoms with Crippen molar-refractivity contribution in [3.8, 4) is 0 Å². The molecule has 0 saturated carbocycles. The minimum atomic E-state index is 0.246. The summed E-state index contributed by atoms with van der Waals surface area (Å²) in [6.45, 7) is 3.21. The predicted octanol–water partition coefficient (Wildman–Crippen LogP) is 4.99. The molecule has 3 aromatic rings. The molecule has 0 fully saturated rings. The van der Waals surface area contributed by atoms with E-state index in [0.29, 0.717) is 0 Å². The summed E-state index contributed by atoms with van der Waals surface area (Å²) >= 11 is 4.18. The van der Waals surface area contributed by atoms with Gasteiger partial charge in [0, 0.05) is 11.6 Å². The van der Waals surface area contributed by atoms with Crippen molar-refractivity contribution in [1.82, 2.24) is 10.3 Å². The van der Waals surface area contributed by atoms with E-state index >= 15 is 0 Å². The van der Waals surface area contributed by atoms with Crippen LogP contribution < -0.4 is 5.32 Å². The molecule has 0 radical (unpaired) electrons. The Bertz CT molecular complexity index is 738. The fourth-order valence-electron chi connectivity index (χ4n) is 2.45. The minimum Gasteiger partial charge on any atom is -0.306 e. The van der Waals surface area contributed by atoms with Crippen LogP contribution in [0.1, 0.15) is 30.5 Å². The number of hydrogen-bond acceptors (Lipinski definition) is 3. The van der Waals surface area contributed by atoms with Crippen molar-refractivity contribution in [2.45, 2.75) is 19.4 Å². The summed E-state index contributed by atoms with van der Waals surface area (Å²) < 4.78 is 1.32. The average Bonchev–Trinajstić information content (AvgIpc) is 2.94. The van der Waals surface area contributed by atoms with E-state index in [4.69, 9.17) is 0 Å². The molecule has 3 rings (SSSR count). The highest BCUT2D eigenvalue weighted by Gasteiger charge is 2.15. The lowest BCUT2D eigenvalue weighted by molar-refractivity contribution is 0.600. The van der Waals surface area contributed by atoms with Crippen LogP contribution in [0.2, 0.25) is 0 Å². The van der Waals surface area contributed by atoms with Crippen LogP contribution >= 0.6 is 33.9 Å². The number of benzene rings is 1. The number of fused-ring (bicyclic) bond motifs is 1. The lowest BCUT2D eigenvalue weighted by Gasteiger charge is -2.18. The molecule has 108 valence electrons. The molecule has 1 unspecified atom stereocenters. The highest BCUT2D eigenvalue weighted by Crippen LogP contribution is 2.29. The molecule has 0 aliphatic carbocycles. The maximum atomic E-state index is 4.48. The molecule has 21 heavy (non-hydrogen) atoms. The molecule has 1 aromatic carbocycles. The van der Waals surface area contributed by atoms with E-state index in [2.05, 4.69) is 75.5 Å². The molecule has 0 spiro atoms. The van der Waals surface area contributed by atoms with Crippen LogP contribution in [0.4, 0.5) is 0 Å². The molecule has 2 nitrogen and oxygen atoms in total. The van der Waals surface area contributed by atoms with E-state index in [9.17, 15) is 0 Å². The van der Waals surface area contributed by atoms with E-state index in [0.717, 1.165) is 18.5 Å². The van der Waals surface area contributed by atoms with Crippen LogP contribution in [-0.4, -0.2) is 11.5 Å². The van der Waals surface area contributed by atoms with Crippen molar-refractivity contribution in [1.29, 1.82) is 0 Å². The molecule has 2 heterocycles. The molecular weight excluding hydrogens is 391 g/mol. The van der Waals surface area contributed by atoms with Crippen molar-refractivity contribution >= 4 is 44.8 Å². The Morgan fingerprint density at radius 3 is 2.90 bits per heavy atom. The lowest BCUT2D eigenvalue weighted by Crippen LogP contribution is -2.22. The van der Waals surface area contributed by atoms with Crippen molar-refractivity contribution in [2.24, 2.45) is 0 Å². The fourth-order valence-corrected chi connectivity index (χ4v) is 3.85. The molecule has 2 aromatic heterocycles. The smallest absolute Gasteiger partial charge is 0.0705 e. The number of rotatable bonds is 5. The fraction of sp³-hybridized carbons (Fsp3) is 0.235. The standard InChI is InChI=1S/C17H17IN2S/c1-2-7-20-17(14-10-16(18)21-11-14)13-6-5-12-4-3-8-19-15(12)9-13/h3-6,8-11,17,20H,2,7H2,1H3. The molecule has 0 saturated heterocycles. The van der Waals surface area contributed by atoms with Gasteiger partial charge >= 0.3 is 0 Å². The Morgan fingerprint density at radius 1 is 1.24 bits per heavy atom. The van der Waals surface area contributed by atoms with Crippen LogP contribution in [0.5, 0.6) is 0 Å². The predicted molar refractivity (Wildman–Crippen MR) is 98.9 cm³/mol. The third kappa shape index (κ3) is 3.44. The Hall–Kier alpha value is -0.980. The molecule has 0 amide bonds. The van der Waals surface area contributed by atoms with Gasteiger partial charge in [0.25, 0.3) is 0 Å². The molecule has 0 aliphatic rings. The number of pyridine rings is 1. The summed E-state index contributed by atoms with van der Waals surface area (Å²) in [4.78, 5) is 4.48. The van der Waals surface area contributed by atoms with Crippen LogP contribution in [0, 0.1) is 2.88 Å². The third-order valence-electron chi connectivity index (χ3n) is 3.48. The topological polar surface area (TPSA) is 24.9 Å². The van der Waals surface area contributed by atoms with E-state index in [1.54, 1.807) is 11.3 Å². The number of aromatic nitrogens is 1. The summed E-state index contributed by atoms with van der Waals surface area (Å²) in [5, 5.41) is 7.09. The zero-order chi connectivity index (χ0) is 14.7. The molecular formula is C17H17IN2S. The second-order valence-electron chi connectivity index (χ2n) is 5.03. The first-order chi connectivity index (χ1) is 10.3. The first-order valence-electron chi connectivity index (χ1n) is 7.10. The van der Waals surface area contributed by atoms with Gasteiger partial charge in [0.05, 0.1) is 14.4 Å². The Kier molecular flexibility index (Phi) is 4.87. The average molecular weight is 408 g/mol. The van der Waals surface area contributed by atoms with Crippen LogP contribution in [0.25, 0.3) is 10.9 Å². The molecule has 1 atom stereocenters. The number of nitrogens with zero attached hydrogens (tertiary/aromatic N) is 1. The summed E-state index contributed by atoms with van der Waals surface area (Å²) in [6.07, 6.45) is 2.98. The van der Waals surface area contributed by atoms with Gasteiger partial charge in [-0.3, -0.25) is 4.98 Å². The monoisotopic (exact) mass is 408 g/mol. The normalized spacial score (nSPS) is 12.7. The quantitative estimate of drug-likeness (QED) is 0.602. The minimum absolute atomic E-state index is 0.246. The van der Waals surface area contributed by atoms with Gasteiger partial charge in [0.1, 0.15) is 0 Å². The van der Waals surface area contributed by atoms with Gasteiger partial charge in [-0.15, -0.1) is 11.3 Å². The van der Waals surface area contributed by atoms with Gasteiger partial charge in [-0.05, 0) is 70.3 Å². The zero-order valence-corrected chi connectivity index (χ0v) is 14.8. The number of nitrogens with one attached hydrogen (secondary N) is 1. The largest absolute Gasteiger partial charge is 0.306 e. The Labute approximate surface area is 142 Å². The maximum Gasteiger partial charge on any atom is 0.0705 e. The Balaban J connectivity index is 2.00. The third-order valence-corrected chi connectivity index (χ3v) is 5.29. The van der Waals surface area contributed by atoms with Gasteiger partial charge in [0.2, 0.25) is 0 Å². The van der Waals surface area contributed by atoms with Crippen LogP contribution in [-0.2, 0) is 0 Å². The van der Waals surface area contributed by atoms with Gasteiger partial charge in [-0.25, -0.2) is 0 Å². The summed E-state index contributed by atoms with van der Waals surface area (Å²) in [5.41, 5.74) is 3.68. The van der Waals surface area contributed by atoms with Crippen molar-refractivity contribution in [3.05, 3.63) is 62.0 Å². The van der Waals surface area contributed by atoms with Gasteiger partial charge in [-0.2, -0.15) is 0 Å². The van der Waals surface area contributed by atoms with Crippen molar-refractivity contribution in [3.63, 3.8) is 0 Å². The van der Waals surface area contributed by atoms with E-state index in [-0.39, 0.29) is 6.04 Å². The van der Waals surface area contributed by atoms with Crippen LogP contribution in [0.15, 0.2) is 48.0 Å². The molecule has 0 aliphatic heterocycles. The van der Waals surface area contributed by atoms with Gasteiger partial charge < -0.3 is 5.32 Å². The van der Waals surface area contributed by atoms with E-state index < -0.39 is 0 Å². The molecule has 4 heteroatoms. The number of thiophene rings is 1. The number of halogens is 1. The van der Waals surface area contributed by atoms with E-state index in [1.807, 2.05) is 12.3 Å². The van der Waals surface area contributed by atoms with Gasteiger partial charge in [-0.1, -0.05) is 25.1 Å². The van der Waals surface area contributed by atoms with Gasteiger partial charge in [0.15, 0.2) is 0 Å². The highest BCUT2D eigenvalue weighted by molar-refractivity contribution is 14.1. The first kappa shape index (κ1) is 14.9. The highest BCUT2D eigenvalue weighted by atomic mass is 127. The lowest BCUT2D eigenvalue weighted by atomic mass is 9.99. The number of hydrogen-bond donors (Lipinski definition) is 1. The van der Waals surface area contributed by atoms with Crippen molar-refractivity contribution in [2.75, 3.05) is 6.54 Å².